The smallest absolute Gasteiger partial charge is 0.318 e. The quantitative estimate of drug-likeness (QED) is 0.286. The number of carbonyl (C=O) groups is 1. The number of hydrogen-bond donors (Lipinski definition) is 5. The molecule has 1 aromatic rings. The summed E-state index contributed by atoms with van der Waals surface area (Å²) in [6, 6.07) is -0.738. The number of nitrogens with one attached hydrogen (secondary N) is 4. The number of unbranched alkanes of at least 4 members (excludes halogenated alkanes) is 2. The Hall–Kier alpha value is -2.05. The van der Waals surface area contributed by atoms with E-state index in [4.69, 9.17) is 11.1 Å². The molecule has 106 valence electrons. The second kappa shape index (κ2) is 8.12. The summed E-state index contributed by atoms with van der Waals surface area (Å²) in [7, 11) is 0. The molecule has 0 atom stereocenters. The van der Waals surface area contributed by atoms with Gasteiger partial charge in [0, 0.05) is 18.7 Å². The van der Waals surface area contributed by atoms with Crippen molar-refractivity contribution in [1.82, 2.24) is 20.6 Å². The Morgan fingerprint density at radius 3 is 2.95 bits per heavy atom. The van der Waals surface area contributed by atoms with Crippen LogP contribution in [0, 0.1) is 5.41 Å². The molecule has 1 rings (SSSR count). The molecule has 0 spiro atoms. The van der Waals surface area contributed by atoms with Gasteiger partial charge >= 0.3 is 6.03 Å². The minimum absolute atomic E-state index is 0.0874. The van der Waals surface area contributed by atoms with Gasteiger partial charge in [-0.15, -0.1) is 0 Å². The van der Waals surface area contributed by atoms with Crippen LogP contribution in [0.4, 0.5) is 4.79 Å². The van der Waals surface area contributed by atoms with E-state index in [2.05, 4.69) is 27.5 Å². The minimum atomic E-state index is -0.738. The first kappa shape index (κ1) is 15.0. The van der Waals surface area contributed by atoms with E-state index < -0.39 is 6.03 Å². The summed E-state index contributed by atoms with van der Waals surface area (Å²) in [4.78, 5) is 17.9. The van der Waals surface area contributed by atoms with Crippen LogP contribution in [0.3, 0.4) is 0 Å². The Morgan fingerprint density at radius 1 is 1.47 bits per heavy atom. The molecule has 7 nitrogen and oxygen atoms in total. The molecule has 1 heterocycles. The minimum Gasteiger partial charge on any atom is -0.356 e. The lowest BCUT2D eigenvalue weighted by molar-refractivity contribution is 0.253. The number of H-pyrrole nitrogens is 1. The van der Waals surface area contributed by atoms with Gasteiger partial charge in [0.15, 0.2) is 5.96 Å². The molecule has 2 amide bonds. The maximum atomic E-state index is 10.5. The highest BCUT2D eigenvalue weighted by Crippen LogP contribution is 2.08. The van der Waals surface area contributed by atoms with Crippen molar-refractivity contribution in [1.29, 1.82) is 5.41 Å². The number of amides is 2. The number of urea groups is 1. The van der Waals surface area contributed by atoms with Gasteiger partial charge < -0.3 is 16.0 Å². The van der Waals surface area contributed by atoms with Crippen LogP contribution in [0.2, 0.25) is 0 Å². The highest BCUT2D eigenvalue weighted by molar-refractivity contribution is 5.93. The van der Waals surface area contributed by atoms with Gasteiger partial charge in [-0.25, -0.2) is 9.78 Å². The van der Waals surface area contributed by atoms with Crippen molar-refractivity contribution in [2.24, 2.45) is 5.73 Å². The van der Waals surface area contributed by atoms with Crippen molar-refractivity contribution in [2.45, 2.75) is 39.0 Å². The molecule has 0 unspecified atom stereocenters. The first-order chi connectivity index (χ1) is 9.13. The molecule has 0 saturated carbocycles. The van der Waals surface area contributed by atoms with Crippen LogP contribution in [-0.2, 0) is 12.8 Å². The first-order valence-corrected chi connectivity index (χ1v) is 6.53. The number of primary amides is 1. The second-order valence-electron chi connectivity index (χ2n) is 4.33. The number of aromatic nitrogens is 2. The Balaban J connectivity index is 2.31. The van der Waals surface area contributed by atoms with Crippen molar-refractivity contribution in [3.05, 3.63) is 17.7 Å². The lowest BCUT2D eigenvalue weighted by Gasteiger charge is -2.07. The van der Waals surface area contributed by atoms with Crippen LogP contribution in [0.15, 0.2) is 6.33 Å². The molecule has 19 heavy (non-hydrogen) atoms. The summed E-state index contributed by atoms with van der Waals surface area (Å²) < 4.78 is 0. The molecule has 1 aromatic heterocycles. The number of rotatable bonds is 7. The molecule has 0 aliphatic rings. The number of nitrogens with zero attached hydrogens (tertiary/aromatic N) is 1. The number of nitrogens with two attached hydrogens (primary N) is 1. The Bertz CT molecular complexity index is 414. The highest BCUT2D eigenvalue weighted by atomic mass is 16.2. The third kappa shape index (κ3) is 5.89. The van der Waals surface area contributed by atoms with Gasteiger partial charge in [-0.1, -0.05) is 19.8 Å². The van der Waals surface area contributed by atoms with Crippen LogP contribution in [-0.4, -0.2) is 28.5 Å². The van der Waals surface area contributed by atoms with Gasteiger partial charge in [0.1, 0.15) is 0 Å². The summed E-state index contributed by atoms with van der Waals surface area (Å²) >= 11 is 0. The topological polar surface area (TPSA) is 120 Å². The van der Waals surface area contributed by atoms with Crippen LogP contribution in [0.1, 0.15) is 37.6 Å². The number of aryl methyl sites for hydroxylation is 1. The van der Waals surface area contributed by atoms with E-state index in [0.717, 1.165) is 24.2 Å². The largest absolute Gasteiger partial charge is 0.356 e. The maximum Gasteiger partial charge on any atom is 0.318 e. The maximum absolute atomic E-state index is 10.5. The molecular weight excluding hydrogens is 244 g/mol. The zero-order chi connectivity index (χ0) is 14.1. The molecular formula is C12H22N6O. The SMILES string of the molecule is CCCCCc1[nH]cnc1CCNC(=N)NC(N)=O. The fraction of sp³-hybridized carbons (Fsp3) is 0.583. The van der Waals surface area contributed by atoms with Crippen LogP contribution in [0.25, 0.3) is 0 Å². The summed E-state index contributed by atoms with van der Waals surface area (Å²) in [5.41, 5.74) is 7.07. The number of guanidine groups is 1. The van der Waals surface area contributed by atoms with Crippen molar-refractivity contribution >= 4 is 12.0 Å². The summed E-state index contributed by atoms with van der Waals surface area (Å²) in [5, 5.41) is 12.3. The predicted octanol–water partition coefficient (Wildman–Crippen LogP) is 0.878. The molecule has 0 aromatic carbocycles. The molecule has 6 N–H and O–H groups in total. The van der Waals surface area contributed by atoms with E-state index >= 15 is 0 Å². The van der Waals surface area contributed by atoms with E-state index in [1.165, 1.54) is 12.8 Å². The standard InChI is InChI=1S/C12H22N6O/c1-2-3-4-5-9-10(17-8-16-9)6-7-15-11(13)18-12(14)19/h8H,2-7H2,1H3,(H,16,17)(H5,13,14,15,18,19). The predicted molar refractivity (Wildman–Crippen MR) is 74.0 cm³/mol. The van der Waals surface area contributed by atoms with Gasteiger partial charge in [-0.3, -0.25) is 10.7 Å². The monoisotopic (exact) mass is 266 g/mol. The van der Waals surface area contributed by atoms with Crippen molar-refractivity contribution in [3.63, 3.8) is 0 Å². The number of aromatic amines is 1. The molecule has 0 aliphatic carbocycles. The van der Waals surface area contributed by atoms with Crippen LogP contribution < -0.4 is 16.4 Å². The zero-order valence-electron chi connectivity index (χ0n) is 11.3. The lowest BCUT2D eigenvalue weighted by atomic mass is 10.1. The molecule has 0 aliphatic heterocycles. The molecule has 7 heteroatoms. The third-order valence-electron chi connectivity index (χ3n) is 2.75. The normalized spacial score (nSPS) is 10.2. The van der Waals surface area contributed by atoms with E-state index in [1.54, 1.807) is 6.33 Å². The van der Waals surface area contributed by atoms with Gasteiger partial charge in [0.25, 0.3) is 0 Å². The van der Waals surface area contributed by atoms with Gasteiger partial charge in [-0.05, 0) is 12.8 Å². The average Bonchev–Trinajstić information content (AvgIpc) is 2.76. The summed E-state index contributed by atoms with van der Waals surface area (Å²) in [5.74, 6) is -0.0874. The Labute approximate surface area is 112 Å². The van der Waals surface area contributed by atoms with Gasteiger partial charge in [0.2, 0.25) is 0 Å². The number of carbonyl (C=O) groups excluding carboxylic acids is 1. The third-order valence-corrected chi connectivity index (χ3v) is 2.75. The summed E-state index contributed by atoms with van der Waals surface area (Å²) in [6.07, 6.45) is 6.96. The lowest BCUT2D eigenvalue weighted by Crippen LogP contribution is -2.43. The Kier molecular flexibility index (Phi) is 6.42. The number of imidazole rings is 1. The van der Waals surface area contributed by atoms with Crippen molar-refractivity contribution in [2.75, 3.05) is 6.54 Å². The number of hydrogen-bond acceptors (Lipinski definition) is 3. The van der Waals surface area contributed by atoms with E-state index in [-0.39, 0.29) is 5.96 Å². The van der Waals surface area contributed by atoms with Gasteiger partial charge in [-0.2, -0.15) is 0 Å². The molecule has 0 bridgehead atoms. The van der Waals surface area contributed by atoms with Crippen LogP contribution >= 0.6 is 0 Å². The fourth-order valence-corrected chi connectivity index (χ4v) is 1.81. The molecule has 0 radical (unpaired) electrons. The van der Waals surface area contributed by atoms with Crippen molar-refractivity contribution in [3.8, 4) is 0 Å². The average molecular weight is 266 g/mol. The summed E-state index contributed by atoms with van der Waals surface area (Å²) in [6.45, 7) is 2.71. The van der Waals surface area contributed by atoms with Crippen LogP contribution in [0.5, 0.6) is 0 Å². The van der Waals surface area contributed by atoms with E-state index in [9.17, 15) is 4.79 Å². The first-order valence-electron chi connectivity index (χ1n) is 6.53. The fourth-order valence-electron chi connectivity index (χ4n) is 1.81. The molecule has 0 saturated heterocycles. The molecule has 0 fully saturated rings. The highest BCUT2D eigenvalue weighted by Gasteiger charge is 2.06. The van der Waals surface area contributed by atoms with Crippen molar-refractivity contribution < 1.29 is 4.79 Å². The van der Waals surface area contributed by atoms with E-state index in [0.29, 0.717) is 13.0 Å². The Morgan fingerprint density at radius 2 is 2.26 bits per heavy atom. The van der Waals surface area contributed by atoms with E-state index in [1.807, 2.05) is 0 Å². The van der Waals surface area contributed by atoms with Gasteiger partial charge in [0.05, 0.1) is 12.0 Å². The second-order valence-corrected chi connectivity index (χ2v) is 4.33. The zero-order valence-corrected chi connectivity index (χ0v) is 11.3.